The number of carbonyl (C=O) groups excluding carboxylic acids is 3. The van der Waals surface area contributed by atoms with Gasteiger partial charge in [-0.15, -0.1) is 0 Å². The van der Waals surface area contributed by atoms with Gasteiger partial charge in [-0.05, 0) is 30.3 Å². The van der Waals surface area contributed by atoms with Crippen LogP contribution in [-0.2, 0) is 14.3 Å². The molecule has 0 radical (unpaired) electrons. The van der Waals surface area contributed by atoms with E-state index >= 15 is 0 Å². The maximum absolute atomic E-state index is 12.6. The number of furan rings is 1. The van der Waals surface area contributed by atoms with E-state index in [1.165, 1.54) is 24.3 Å². The number of ether oxygens (including phenoxy) is 1. The second-order valence-electron chi connectivity index (χ2n) is 5.93. The number of aliphatic hydroxyl groups excluding tert-OH is 1. The van der Waals surface area contributed by atoms with E-state index in [2.05, 4.69) is 10.6 Å². The number of amides is 2. The van der Waals surface area contributed by atoms with Crippen molar-refractivity contribution in [2.24, 2.45) is 0 Å². The number of hydrogen-bond acceptors (Lipinski definition) is 7. The fourth-order valence-electron chi connectivity index (χ4n) is 2.77. The van der Waals surface area contributed by atoms with Crippen molar-refractivity contribution in [3.8, 4) is 0 Å². The highest BCUT2D eigenvalue weighted by molar-refractivity contribution is 6.08. The Labute approximate surface area is 160 Å². The van der Waals surface area contributed by atoms with Gasteiger partial charge in [-0.2, -0.15) is 0 Å². The summed E-state index contributed by atoms with van der Waals surface area (Å²) in [6.07, 6.45) is 1.40. The number of nitrogens with one attached hydrogen (secondary N) is 2. The first kappa shape index (κ1) is 19.2. The monoisotopic (exact) mass is 385 g/mol. The Morgan fingerprint density at radius 2 is 2.04 bits per heavy atom. The molecular formula is C19H19N3O6. The zero-order valence-electron chi connectivity index (χ0n) is 15.1. The molecule has 0 saturated heterocycles. The lowest BCUT2D eigenvalue weighted by Gasteiger charge is -2.15. The summed E-state index contributed by atoms with van der Waals surface area (Å²) in [6.45, 7) is -0.0746. The number of esters is 1. The maximum Gasteiger partial charge on any atom is 0.337 e. The van der Waals surface area contributed by atoms with Crippen molar-refractivity contribution in [1.29, 1.82) is 0 Å². The number of benzene rings is 1. The molecule has 146 valence electrons. The predicted octanol–water partition coefficient (Wildman–Crippen LogP) is 1.21. The van der Waals surface area contributed by atoms with E-state index in [1.807, 2.05) is 0 Å². The Kier molecular flexibility index (Phi) is 5.75. The van der Waals surface area contributed by atoms with Crippen LogP contribution in [0.2, 0.25) is 0 Å². The molecule has 3 N–H and O–H groups in total. The molecule has 0 fully saturated rings. The molecule has 0 spiro atoms. The molecule has 0 aliphatic carbocycles. The standard InChI is InChI=1S/C19H19N3O6/c1-27-19(26)14-11-22(7-8-23)18(25)16(14)20-12-4-2-5-13(10-12)21-17(24)15-6-3-9-28-15/h2-6,9-10,20,23H,7-8,11H2,1H3,(H,21,24). The summed E-state index contributed by atoms with van der Waals surface area (Å²) in [5.74, 6) is -1.29. The van der Waals surface area contributed by atoms with Crippen LogP contribution in [-0.4, -0.2) is 54.6 Å². The fraction of sp³-hybridized carbons (Fsp3) is 0.211. The minimum atomic E-state index is -0.626. The lowest BCUT2D eigenvalue weighted by molar-refractivity contribution is -0.136. The molecule has 1 aromatic carbocycles. The topological polar surface area (TPSA) is 121 Å². The highest BCUT2D eigenvalue weighted by Gasteiger charge is 2.34. The van der Waals surface area contributed by atoms with Gasteiger partial charge in [0.05, 0.1) is 32.1 Å². The summed E-state index contributed by atoms with van der Waals surface area (Å²) < 4.78 is 9.80. The number of rotatable bonds is 7. The molecule has 0 bridgehead atoms. The molecule has 1 aromatic heterocycles. The normalized spacial score (nSPS) is 13.6. The maximum atomic E-state index is 12.6. The lowest BCUT2D eigenvalue weighted by atomic mass is 10.2. The summed E-state index contributed by atoms with van der Waals surface area (Å²) in [5, 5.41) is 14.7. The van der Waals surface area contributed by atoms with Crippen LogP contribution in [0.4, 0.5) is 11.4 Å². The summed E-state index contributed by atoms with van der Waals surface area (Å²) in [6, 6.07) is 9.81. The third kappa shape index (κ3) is 4.04. The van der Waals surface area contributed by atoms with Crippen molar-refractivity contribution in [1.82, 2.24) is 4.90 Å². The molecule has 3 rings (SSSR count). The first-order valence-corrected chi connectivity index (χ1v) is 8.47. The van der Waals surface area contributed by atoms with Crippen molar-refractivity contribution < 1.29 is 28.6 Å². The minimum Gasteiger partial charge on any atom is -0.466 e. The quantitative estimate of drug-likeness (QED) is 0.613. The molecule has 0 atom stereocenters. The Hall–Kier alpha value is -3.59. The fourth-order valence-corrected chi connectivity index (χ4v) is 2.77. The Balaban J connectivity index is 1.80. The summed E-state index contributed by atoms with van der Waals surface area (Å²) >= 11 is 0. The van der Waals surface area contributed by atoms with Gasteiger partial charge in [0.2, 0.25) is 0 Å². The minimum absolute atomic E-state index is 0.0450. The van der Waals surface area contributed by atoms with Gasteiger partial charge in [-0.1, -0.05) is 6.07 Å². The molecule has 9 nitrogen and oxygen atoms in total. The highest BCUT2D eigenvalue weighted by Crippen LogP contribution is 2.24. The van der Waals surface area contributed by atoms with Crippen LogP contribution in [0.25, 0.3) is 0 Å². The summed E-state index contributed by atoms with van der Waals surface area (Å²) in [4.78, 5) is 38.0. The number of aliphatic hydroxyl groups is 1. The Morgan fingerprint density at radius 1 is 1.25 bits per heavy atom. The molecule has 2 aromatic rings. The van der Waals surface area contributed by atoms with Gasteiger partial charge < -0.3 is 29.8 Å². The highest BCUT2D eigenvalue weighted by atomic mass is 16.5. The molecule has 2 amide bonds. The van der Waals surface area contributed by atoms with Gasteiger partial charge in [0.1, 0.15) is 5.70 Å². The zero-order chi connectivity index (χ0) is 20.1. The van der Waals surface area contributed by atoms with E-state index in [-0.39, 0.29) is 36.7 Å². The first-order valence-electron chi connectivity index (χ1n) is 8.47. The number of hydrogen-bond donors (Lipinski definition) is 3. The molecule has 28 heavy (non-hydrogen) atoms. The van der Waals surface area contributed by atoms with E-state index in [1.54, 1.807) is 30.3 Å². The molecule has 1 aliphatic rings. The molecule has 2 heterocycles. The number of anilines is 2. The number of nitrogens with zero attached hydrogens (tertiary/aromatic N) is 1. The van der Waals surface area contributed by atoms with Crippen molar-refractivity contribution in [2.45, 2.75) is 0 Å². The second-order valence-corrected chi connectivity index (χ2v) is 5.93. The average Bonchev–Trinajstić information content (AvgIpc) is 3.33. The Morgan fingerprint density at radius 3 is 2.71 bits per heavy atom. The van der Waals surface area contributed by atoms with Crippen molar-refractivity contribution in [3.05, 3.63) is 59.7 Å². The number of β-amino-alcohol motifs (C(OH)–C–C–N with tert-alkyl or cyclic N) is 1. The van der Waals surface area contributed by atoms with Crippen LogP contribution in [0.5, 0.6) is 0 Å². The van der Waals surface area contributed by atoms with E-state index in [9.17, 15) is 14.4 Å². The van der Waals surface area contributed by atoms with Gasteiger partial charge in [-0.25, -0.2) is 4.79 Å². The Bertz CT molecular complexity index is 920. The van der Waals surface area contributed by atoms with Crippen LogP contribution < -0.4 is 10.6 Å². The van der Waals surface area contributed by atoms with Crippen LogP contribution in [0, 0.1) is 0 Å². The number of carbonyl (C=O) groups is 3. The van der Waals surface area contributed by atoms with Crippen molar-refractivity contribution in [3.63, 3.8) is 0 Å². The second kappa shape index (κ2) is 8.40. The van der Waals surface area contributed by atoms with Crippen LogP contribution >= 0.6 is 0 Å². The smallest absolute Gasteiger partial charge is 0.337 e. The van der Waals surface area contributed by atoms with Crippen molar-refractivity contribution >= 4 is 29.2 Å². The lowest BCUT2D eigenvalue weighted by Crippen LogP contribution is -2.31. The predicted molar refractivity (Wildman–Crippen MR) is 99.4 cm³/mol. The van der Waals surface area contributed by atoms with Gasteiger partial charge in [0.15, 0.2) is 5.76 Å². The van der Waals surface area contributed by atoms with Crippen molar-refractivity contribution in [2.75, 3.05) is 37.4 Å². The zero-order valence-corrected chi connectivity index (χ0v) is 15.1. The molecule has 0 saturated carbocycles. The largest absolute Gasteiger partial charge is 0.466 e. The van der Waals surface area contributed by atoms with Crippen LogP contribution in [0.3, 0.4) is 0 Å². The van der Waals surface area contributed by atoms with Gasteiger partial charge in [0, 0.05) is 17.9 Å². The third-order valence-corrected chi connectivity index (χ3v) is 4.09. The number of methoxy groups -OCH3 is 1. The average molecular weight is 385 g/mol. The van der Waals surface area contributed by atoms with E-state index in [0.717, 1.165) is 0 Å². The summed E-state index contributed by atoms with van der Waals surface area (Å²) in [5.41, 5.74) is 1.22. The molecular weight excluding hydrogens is 366 g/mol. The molecule has 9 heteroatoms. The first-order chi connectivity index (χ1) is 13.5. The molecule has 1 aliphatic heterocycles. The van der Waals surface area contributed by atoms with E-state index in [4.69, 9.17) is 14.3 Å². The van der Waals surface area contributed by atoms with Gasteiger partial charge in [0.25, 0.3) is 11.8 Å². The van der Waals surface area contributed by atoms with Crippen LogP contribution in [0.15, 0.2) is 58.3 Å². The SMILES string of the molecule is COC(=O)C1=C(Nc2cccc(NC(=O)c3ccco3)c2)C(=O)N(CCO)C1. The van der Waals surface area contributed by atoms with E-state index in [0.29, 0.717) is 11.4 Å². The van der Waals surface area contributed by atoms with Crippen LogP contribution in [0.1, 0.15) is 10.6 Å². The third-order valence-electron chi connectivity index (χ3n) is 4.09. The molecule has 0 unspecified atom stereocenters. The van der Waals surface area contributed by atoms with E-state index < -0.39 is 17.8 Å². The van der Waals surface area contributed by atoms with Gasteiger partial charge in [-0.3, -0.25) is 9.59 Å². The van der Waals surface area contributed by atoms with Gasteiger partial charge >= 0.3 is 5.97 Å². The summed E-state index contributed by atoms with van der Waals surface area (Å²) in [7, 11) is 1.23.